The summed E-state index contributed by atoms with van der Waals surface area (Å²) in [7, 11) is 1.98. The second kappa shape index (κ2) is 4.87. The second-order valence-electron chi connectivity index (χ2n) is 5.33. The summed E-state index contributed by atoms with van der Waals surface area (Å²) in [5.41, 5.74) is 3.01. The SMILES string of the molecule is CNC(C)(C)CN1CCNc2ccc(C#N)cc21. The van der Waals surface area contributed by atoms with Crippen molar-refractivity contribution in [1.29, 1.82) is 5.26 Å². The van der Waals surface area contributed by atoms with Gasteiger partial charge in [0.1, 0.15) is 0 Å². The van der Waals surface area contributed by atoms with E-state index in [1.807, 2.05) is 25.2 Å². The van der Waals surface area contributed by atoms with E-state index in [0.717, 1.165) is 31.0 Å². The van der Waals surface area contributed by atoms with Crippen LogP contribution in [0.3, 0.4) is 0 Å². The summed E-state index contributed by atoms with van der Waals surface area (Å²) in [5, 5.41) is 15.7. The van der Waals surface area contributed by atoms with E-state index in [0.29, 0.717) is 5.56 Å². The van der Waals surface area contributed by atoms with Crippen LogP contribution in [-0.2, 0) is 0 Å². The predicted octanol–water partition coefficient (Wildman–Crippen LogP) is 1.79. The highest BCUT2D eigenvalue weighted by Crippen LogP contribution is 2.30. The Bertz CT molecular complexity index is 473. The molecule has 0 atom stereocenters. The summed E-state index contributed by atoms with van der Waals surface area (Å²) in [6, 6.07) is 8.02. The molecule has 1 aliphatic rings. The first-order valence-electron chi connectivity index (χ1n) is 6.27. The number of hydrogen-bond acceptors (Lipinski definition) is 4. The predicted molar refractivity (Wildman–Crippen MR) is 75.0 cm³/mol. The Balaban J connectivity index is 2.29. The monoisotopic (exact) mass is 244 g/mol. The van der Waals surface area contributed by atoms with Gasteiger partial charge in [0.05, 0.1) is 23.0 Å². The molecule has 4 nitrogen and oxygen atoms in total. The van der Waals surface area contributed by atoms with Crippen molar-refractivity contribution in [2.24, 2.45) is 0 Å². The lowest BCUT2D eigenvalue weighted by Crippen LogP contribution is -2.49. The van der Waals surface area contributed by atoms with Gasteiger partial charge in [-0.05, 0) is 39.1 Å². The Morgan fingerprint density at radius 3 is 2.94 bits per heavy atom. The lowest BCUT2D eigenvalue weighted by Gasteiger charge is -2.38. The zero-order valence-corrected chi connectivity index (χ0v) is 11.2. The van der Waals surface area contributed by atoms with Gasteiger partial charge in [-0.3, -0.25) is 0 Å². The molecule has 0 radical (unpaired) electrons. The minimum Gasteiger partial charge on any atom is -0.382 e. The zero-order chi connectivity index (χ0) is 13.2. The Labute approximate surface area is 109 Å². The summed E-state index contributed by atoms with van der Waals surface area (Å²) in [5.74, 6) is 0. The molecule has 0 aromatic heterocycles. The van der Waals surface area contributed by atoms with Gasteiger partial charge >= 0.3 is 0 Å². The van der Waals surface area contributed by atoms with Crippen LogP contribution in [0.15, 0.2) is 18.2 Å². The average Bonchev–Trinajstić information content (AvgIpc) is 2.38. The van der Waals surface area contributed by atoms with Crippen LogP contribution in [0.4, 0.5) is 11.4 Å². The van der Waals surface area contributed by atoms with Crippen LogP contribution in [0.25, 0.3) is 0 Å². The van der Waals surface area contributed by atoms with Crippen molar-refractivity contribution < 1.29 is 0 Å². The van der Waals surface area contributed by atoms with Crippen LogP contribution in [-0.4, -0.2) is 32.2 Å². The molecule has 18 heavy (non-hydrogen) atoms. The molecule has 0 saturated heterocycles. The summed E-state index contributed by atoms with van der Waals surface area (Å²) in [6.07, 6.45) is 0. The maximum atomic E-state index is 9.00. The molecule has 1 aromatic rings. The Hall–Kier alpha value is -1.73. The molecule has 1 aromatic carbocycles. The number of nitrogens with one attached hydrogen (secondary N) is 2. The van der Waals surface area contributed by atoms with Crippen molar-refractivity contribution in [2.75, 3.05) is 36.9 Å². The Kier molecular flexibility index (Phi) is 3.44. The molecule has 0 bridgehead atoms. The van der Waals surface area contributed by atoms with Crippen molar-refractivity contribution in [1.82, 2.24) is 5.32 Å². The van der Waals surface area contributed by atoms with E-state index in [4.69, 9.17) is 5.26 Å². The summed E-state index contributed by atoms with van der Waals surface area (Å²) < 4.78 is 0. The lowest BCUT2D eigenvalue weighted by atomic mass is 10.0. The number of rotatable bonds is 3. The number of likely N-dealkylation sites (N-methyl/N-ethyl adjacent to an activating group) is 1. The van der Waals surface area contributed by atoms with Crippen LogP contribution < -0.4 is 15.5 Å². The Morgan fingerprint density at radius 2 is 2.28 bits per heavy atom. The first-order chi connectivity index (χ1) is 8.55. The standard InChI is InChI=1S/C14H20N4/c1-14(2,16-3)10-18-7-6-17-12-5-4-11(9-15)8-13(12)18/h4-5,8,16-17H,6-7,10H2,1-3H3. The van der Waals surface area contributed by atoms with Crippen molar-refractivity contribution in [2.45, 2.75) is 19.4 Å². The van der Waals surface area contributed by atoms with Crippen molar-refractivity contribution in [3.8, 4) is 6.07 Å². The third-order valence-electron chi connectivity index (χ3n) is 3.43. The molecule has 2 rings (SSSR count). The Morgan fingerprint density at radius 1 is 1.50 bits per heavy atom. The molecule has 2 N–H and O–H groups in total. The number of nitriles is 1. The van der Waals surface area contributed by atoms with Gasteiger partial charge < -0.3 is 15.5 Å². The van der Waals surface area contributed by atoms with Crippen LogP contribution in [0, 0.1) is 11.3 Å². The van der Waals surface area contributed by atoms with Crippen LogP contribution in [0.1, 0.15) is 19.4 Å². The van der Waals surface area contributed by atoms with Crippen LogP contribution >= 0.6 is 0 Å². The van der Waals surface area contributed by atoms with E-state index in [-0.39, 0.29) is 5.54 Å². The largest absolute Gasteiger partial charge is 0.382 e. The summed E-state index contributed by atoms with van der Waals surface area (Å²) in [4.78, 5) is 2.34. The molecule has 0 spiro atoms. The average molecular weight is 244 g/mol. The summed E-state index contributed by atoms with van der Waals surface area (Å²) in [6.45, 7) is 7.20. The molecular formula is C14H20N4. The molecule has 0 aliphatic carbocycles. The third-order valence-corrected chi connectivity index (χ3v) is 3.43. The molecule has 0 saturated carbocycles. The van der Waals surface area contributed by atoms with E-state index in [2.05, 4.69) is 35.5 Å². The first kappa shape index (κ1) is 12.7. The second-order valence-corrected chi connectivity index (χ2v) is 5.33. The molecule has 0 unspecified atom stereocenters. The number of anilines is 2. The molecule has 96 valence electrons. The smallest absolute Gasteiger partial charge is 0.0992 e. The molecule has 1 aliphatic heterocycles. The topological polar surface area (TPSA) is 51.1 Å². The van der Waals surface area contributed by atoms with Crippen LogP contribution in [0.2, 0.25) is 0 Å². The molecule has 4 heteroatoms. The fourth-order valence-electron chi connectivity index (χ4n) is 2.18. The minimum atomic E-state index is 0.0528. The van der Waals surface area contributed by atoms with Gasteiger partial charge in [0, 0.05) is 25.2 Å². The highest BCUT2D eigenvalue weighted by atomic mass is 15.2. The van der Waals surface area contributed by atoms with Crippen molar-refractivity contribution >= 4 is 11.4 Å². The van der Waals surface area contributed by atoms with E-state index < -0.39 is 0 Å². The van der Waals surface area contributed by atoms with E-state index >= 15 is 0 Å². The molecule has 0 amide bonds. The minimum absolute atomic E-state index is 0.0528. The number of hydrogen-bond donors (Lipinski definition) is 2. The van der Waals surface area contributed by atoms with Crippen molar-refractivity contribution in [3.05, 3.63) is 23.8 Å². The maximum Gasteiger partial charge on any atom is 0.0992 e. The fraction of sp³-hybridized carbons (Fsp3) is 0.500. The summed E-state index contributed by atoms with van der Waals surface area (Å²) >= 11 is 0. The normalized spacial score (nSPS) is 14.7. The third kappa shape index (κ3) is 2.57. The van der Waals surface area contributed by atoms with Gasteiger partial charge in [-0.15, -0.1) is 0 Å². The quantitative estimate of drug-likeness (QED) is 0.851. The van der Waals surface area contributed by atoms with Crippen molar-refractivity contribution in [3.63, 3.8) is 0 Å². The number of nitrogens with zero attached hydrogens (tertiary/aromatic N) is 2. The van der Waals surface area contributed by atoms with E-state index in [9.17, 15) is 0 Å². The lowest BCUT2D eigenvalue weighted by molar-refractivity contribution is 0.420. The first-order valence-corrected chi connectivity index (χ1v) is 6.27. The van der Waals surface area contributed by atoms with Gasteiger partial charge in [-0.25, -0.2) is 0 Å². The maximum absolute atomic E-state index is 9.00. The number of benzene rings is 1. The van der Waals surface area contributed by atoms with Crippen LogP contribution in [0.5, 0.6) is 0 Å². The van der Waals surface area contributed by atoms with Gasteiger partial charge in [-0.2, -0.15) is 5.26 Å². The highest BCUT2D eigenvalue weighted by Gasteiger charge is 2.23. The number of fused-ring (bicyclic) bond motifs is 1. The van der Waals surface area contributed by atoms with Gasteiger partial charge in [0.2, 0.25) is 0 Å². The van der Waals surface area contributed by atoms with Gasteiger partial charge in [0.15, 0.2) is 0 Å². The van der Waals surface area contributed by atoms with Gasteiger partial charge in [-0.1, -0.05) is 0 Å². The van der Waals surface area contributed by atoms with E-state index in [1.165, 1.54) is 0 Å². The molecular weight excluding hydrogens is 224 g/mol. The van der Waals surface area contributed by atoms with E-state index in [1.54, 1.807) is 0 Å². The fourth-order valence-corrected chi connectivity index (χ4v) is 2.18. The van der Waals surface area contributed by atoms with Gasteiger partial charge in [0.25, 0.3) is 0 Å². The highest BCUT2D eigenvalue weighted by molar-refractivity contribution is 5.74. The molecule has 0 fully saturated rings. The molecule has 1 heterocycles. The zero-order valence-electron chi connectivity index (χ0n) is 11.2.